The molecule has 1 rings (SSSR count). The van der Waals surface area contributed by atoms with Crippen LogP contribution in [0.2, 0.25) is 0 Å². The fraction of sp³-hybridized carbons (Fsp3) is 1.00. The highest BCUT2D eigenvalue weighted by Gasteiger charge is 2.23. The van der Waals surface area contributed by atoms with Gasteiger partial charge in [-0.1, -0.05) is 13.8 Å². The van der Waals surface area contributed by atoms with Crippen LogP contribution in [0.25, 0.3) is 0 Å². The lowest BCUT2D eigenvalue weighted by Crippen LogP contribution is -2.34. The molecule has 0 bridgehead atoms. The first-order chi connectivity index (χ1) is 6.24. The summed E-state index contributed by atoms with van der Waals surface area (Å²) in [6.45, 7) is 4.63. The van der Waals surface area contributed by atoms with E-state index in [0.717, 1.165) is 17.2 Å². The number of thioether (sulfide) groups is 1. The first-order valence-electron chi connectivity index (χ1n) is 5.53. The second-order valence-electron chi connectivity index (χ2n) is 4.42. The van der Waals surface area contributed by atoms with Gasteiger partial charge < -0.3 is 5.32 Å². The molecule has 2 atom stereocenters. The summed E-state index contributed by atoms with van der Waals surface area (Å²) in [7, 11) is 2.11. The van der Waals surface area contributed by atoms with Crippen LogP contribution in [0.15, 0.2) is 0 Å². The van der Waals surface area contributed by atoms with Crippen LogP contribution in [-0.4, -0.2) is 24.1 Å². The maximum absolute atomic E-state index is 3.48. The average molecular weight is 201 g/mol. The molecule has 1 N–H and O–H groups in total. The lowest BCUT2D eigenvalue weighted by Gasteiger charge is -2.22. The minimum Gasteiger partial charge on any atom is -0.316 e. The molecule has 0 spiro atoms. The molecule has 2 heteroatoms. The summed E-state index contributed by atoms with van der Waals surface area (Å²) < 4.78 is 0. The molecule has 1 aliphatic heterocycles. The number of hydrogen-bond acceptors (Lipinski definition) is 2. The van der Waals surface area contributed by atoms with Crippen LogP contribution in [0.3, 0.4) is 0 Å². The lowest BCUT2D eigenvalue weighted by atomic mass is 9.99. The zero-order chi connectivity index (χ0) is 9.68. The summed E-state index contributed by atoms with van der Waals surface area (Å²) in [4.78, 5) is 0. The minimum atomic E-state index is 0.759. The van der Waals surface area contributed by atoms with Crippen molar-refractivity contribution in [2.24, 2.45) is 5.92 Å². The Morgan fingerprint density at radius 3 is 2.62 bits per heavy atom. The monoisotopic (exact) mass is 201 g/mol. The second kappa shape index (κ2) is 5.92. The fourth-order valence-electron chi connectivity index (χ4n) is 1.95. The molecule has 0 aliphatic carbocycles. The smallest absolute Gasteiger partial charge is 0.0201 e. The van der Waals surface area contributed by atoms with E-state index in [2.05, 4.69) is 38.0 Å². The Morgan fingerprint density at radius 1 is 1.38 bits per heavy atom. The highest BCUT2D eigenvalue weighted by Crippen LogP contribution is 2.30. The molecule has 1 heterocycles. The van der Waals surface area contributed by atoms with Crippen LogP contribution in [0.5, 0.6) is 0 Å². The van der Waals surface area contributed by atoms with Gasteiger partial charge in [-0.15, -0.1) is 0 Å². The van der Waals surface area contributed by atoms with Crippen molar-refractivity contribution >= 4 is 11.8 Å². The maximum atomic E-state index is 3.48. The van der Waals surface area contributed by atoms with Crippen molar-refractivity contribution in [3.8, 4) is 0 Å². The number of hydrogen-bond donors (Lipinski definition) is 1. The SMILES string of the molecule is CNC(CCC(C)C)C1CCCS1. The Hall–Kier alpha value is 0.310. The van der Waals surface area contributed by atoms with Crippen LogP contribution >= 0.6 is 11.8 Å². The molecule has 0 radical (unpaired) electrons. The number of nitrogens with one attached hydrogen (secondary N) is 1. The molecule has 0 aromatic carbocycles. The zero-order valence-corrected chi connectivity index (χ0v) is 9.99. The van der Waals surface area contributed by atoms with Crippen molar-refractivity contribution in [2.45, 2.75) is 50.8 Å². The predicted molar refractivity (Wildman–Crippen MR) is 62.4 cm³/mol. The molecule has 0 aromatic heterocycles. The van der Waals surface area contributed by atoms with Gasteiger partial charge >= 0.3 is 0 Å². The van der Waals surface area contributed by atoms with Gasteiger partial charge in [0.05, 0.1) is 0 Å². The Kier molecular flexibility index (Phi) is 5.18. The van der Waals surface area contributed by atoms with E-state index in [1.807, 2.05) is 0 Å². The highest BCUT2D eigenvalue weighted by atomic mass is 32.2. The topological polar surface area (TPSA) is 12.0 Å². The van der Waals surface area contributed by atoms with E-state index in [-0.39, 0.29) is 0 Å². The van der Waals surface area contributed by atoms with Crippen molar-refractivity contribution in [1.82, 2.24) is 5.32 Å². The van der Waals surface area contributed by atoms with Crippen LogP contribution in [0, 0.1) is 5.92 Å². The van der Waals surface area contributed by atoms with Crippen molar-refractivity contribution in [3.63, 3.8) is 0 Å². The van der Waals surface area contributed by atoms with Gasteiger partial charge in [-0.3, -0.25) is 0 Å². The second-order valence-corrected chi connectivity index (χ2v) is 5.76. The Balaban J connectivity index is 2.24. The normalized spacial score (nSPS) is 25.4. The first kappa shape index (κ1) is 11.4. The molecule has 78 valence electrons. The van der Waals surface area contributed by atoms with Crippen molar-refractivity contribution < 1.29 is 0 Å². The molecule has 2 unspecified atom stereocenters. The van der Waals surface area contributed by atoms with E-state index in [1.165, 1.54) is 31.4 Å². The third kappa shape index (κ3) is 3.90. The van der Waals surface area contributed by atoms with Gasteiger partial charge in [0.2, 0.25) is 0 Å². The minimum absolute atomic E-state index is 0.759. The Morgan fingerprint density at radius 2 is 2.15 bits per heavy atom. The van der Waals surface area contributed by atoms with Gasteiger partial charge in [0.25, 0.3) is 0 Å². The molecule has 1 fully saturated rings. The van der Waals surface area contributed by atoms with Crippen molar-refractivity contribution in [2.75, 3.05) is 12.8 Å². The van der Waals surface area contributed by atoms with Crippen molar-refractivity contribution in [3.05, 3.63) is 0 Å². The Bertz CT molecular complexity index is 130. The summed E-state index contributed by atoms with van der Waals surface area (Å²) in [6.07, 6.45) is 5.57. The molecule has 1 aliphatic rings. The summed E-state index contributed by atoms with van der Waals surface area (Å²) >= 11 is 2.16. The van der Waals surface area contributed by atoms with Gasteiger partial charge in [-0.2, -0.15) is 11.8 Å². The summed E-state index contributed by atoms with van der Waals surface area (Å²) in [5, 5.41) is 4.37. The standard InChI is InChI=1S/C11H23NS/c1-9(2)6-7-10(12-3)11-5-4-8-13-11/h9-12H,4-8H2,1-3H3. The molecule has 1 saturated heterocycles. The molecular weight excluding hydrogens is 178 g/mol. The summed E-state index contributed by atoms with van der Waals surface area (Å²) in [5.74, 6) is 2.23. The third-order valence-corrected chi connectivity index (χ3v) is 4.36. The van der Waals surface area contributed by atoms with Crippen molar-refractivity contribution in [1.29, 1.82) is 0 Å². The first-order valence-corrected chi connectivity index (χ1v) is 6.57. The predicted octanol–water partition coefficient (Wildman–Crippen LogP) is 2.91. The molecule has 0 amide bonds. The average Bonchev–Trinajstić information content (AvgIpc) is 2.58. The van der Waals surface area contributed by atoms with E-state index in [9.17, 15) is 0 Å². The fourth-order valence-corrected chi connectivity index (χ4v) is 3.42. The van der Waals surface area contributed by atoms with Crippen LogP contribution in [-0.2, 0) is 0 Å². The largest absolute Gasteiger partial charge is 0.316 e. The quantitative estimate of drug-likeness (QED) is 0.734. The van der Waals surface area contributed by atoms with Gasteiger partial charge in [0.15, 0.2) is 0 Å². The number of rotatable bonds is 5. The van der Waals surface area contributed by atoms with Gasteiger partial charge in [-0.05, 0) is 44.4 Å². The molecule has 1 nitrogen and oxygen atoms in total. The van der Waals surface area contributed by atoms with E-state index >= 15 is 0 Å². The maximum Gasteiger partial charge on any atom is 0.0201 e. The molecule has 0 aromatic rings. The lowest BCUT2D eigenvalue weighted by molar-refractivity contribution is 0.437. The van der Waals surface area contributed by atoms with Crippen LogP contribution < -0.4 is 5.32 Å². The summed E-state index contributed by atoms with van der Waals surface area (Å²) in [5.41, 5.74) is 0. The van der Waals surface area contributed by atoms with E-state index < -0.39 is 0 Å². The van der Waals surface area contributed by atoms with Gasteiger partial charge in [0, 0.05) is 11.3 Å². The highest BCUT2D eigenvalue weighted by molar-refractivity contribution is 8.00. The van der Waals surface area contributed by atoms with E-state index in [1.54, 1.807) is 0 Å². The Labute approximate surface area is 87.1 Å². The summed E-state index contributed by atoms with van der Waals surface area (Å²) in [6, 6.07) is 0.759. The van der Waals surface area contributed by atoms with Gasteiger partial charge in [0.1, 0.15) is 0 Å². The van der Waals surface area contributed by atoms with E-state index in [4.69, 9.17) is 0 Å². The zero-order valence-electron chi connectivity index (χ0n) is 9.18. The van der Waals surface area contributed by atoms with Crippen LogP contribution in [0.4, 0.5) is 0 Å². The van der Waals surface area contributed by atoms with Crippen LogP contribution in [0.1, 0.15) is 39.5 Å². The molecule has 13 heavy (non-hydrogen) atoms. The van der Waals surface area contributed by atoms with E-state index in [0.29, 0.717) is 0 Å². The third-order valence-electron chi connectivity index (χ3n) is 2.84. The molecular formula is C11H23NS. The van der Waals surface area contributed by atoms with Gasteiger partial charge in [-0.25, -0.2) is 0 Å². The molecule has 0 saturated carbocycles.